The van der Waals surface area contributed by atoms with Crippen LogP contribution in [0.5, 0.6) is 5.75 Å². The molecule has 7 nitrogen and oxygen atoms in total. The first kappa shape index (κ1) is 11.2. The van der Waals surface area contributed by atoms with Crippen molar-refractivity contribution >= 4 is 11.5 Å². The topological polar surface area (TPSA) is 77.2 Å². The van der Waals surface area contributed by atoms with E-state index in [4.69, 9.17) is 4.74 Å². The Morgan fingerprint density at radius 2 is 2.20 bits per heavy atom. The molecule has 1 aromatic carbocycles. The summed E-state index contributed by atoms with van der Waals surface area (Å²) in [7, 11) is 0. The minimum absolute atomic E-state index is 0.124. The van der Waals surface area contributed by atoms with Crippen LogP contribution < -0.4 is 10.1 Å². The molecule has 0 saturated carbocycles. The molecule has 0 amide bonds. The summed E-state index contributed by atoms with van der Waals surface area (Å²) in [6.45, 7) is 0.690. The normalized spacial score (nSPS) is 16.9. The maximum absolute atomic E-state index is 5.86. The van der Waals surface area contributed by atoms with Crippen LogP contribution in [-0.4, -0.2) is 37.9 Å². The highest BCUT2D eigenvalue weighted by Crippen LogP contribution is 2.28. The smallest absolute Gasteiger partial charge is 0.200 e. The van der Waals surface area contributed by atoms with Crippen molar-refractivity contribution in [1.82, 2.24) is 25.3 Å². The van der Waals surface area contributed by atoms with E-state index in [-0.39, 0.29) is 6.10 Å². The van der Waals surface area contributed by atoms with Gasteiger partial charge in [-0.25, -0.2) is 0 Å². The van der Waals surface area contributed by atoms with E-state index in [9.17, 15) is 0 Å². The zero-order valence-corrected chi connectivity index (χ0v) is 10.6. The molecular formula is C13H12N6O. The van der Waals surface area contributed by atoms with Crippen LogP contribution in [0.25, 0.3) is 5.65 Å². The van der Waals surface area contributed by atoms with Crippen molar-refractivity contribution in [3.8, 4) is 5.75 Å². The Labute approximate surface area is 114 Å². The van der Waals surface area contributed by atoms with Crippen LogP contribution in [-0.2, 0) is 6.42 Å². The molecule has 100 valence electrons. The summed E-state index contributed by atoms with van der Waals surface area (Å²) in [5.74, 6) is 1.70. The predicted molar refractivity (Wildman–Crippen MR) is 71.6 cm³/mol. The Hall–Kier alpha value is -2.70. The van der Waals surface area contributed by atoms with E-state index in [0.717, 1.165) is 18.0 Å². The molecule has 7 heteroatoms. The van der Waals surface area contributed by atoms with Gasteiger partial charge in [-0.1, -0.05) is 18.2 Å². The molecule has 0 unspecified atom stereocenters. The van der Waals surface area contributed by atoms with Crippen LogP contribution in [0.3, 0.4) is 0 Å². The number of para-hydroxylation sites is 1. The average Bonchev–Trinajstić information content (AvgIpc) is 3.10. The number of aromatic nitrogens is 5. The van der Waals surface area contributed by atoms with Gasteiger partial charge in [0.15, 0.2) is 5.65 Å². The lowest BCUT2D eigenvalue weighted by Gasteiger charge is -2.11. The molecule has 3 aromatic rings. The summed E-state index contributed by atoms with van der Waals surface area (Å²) in [6, 6.07) is 11.8. The fourth-order valence-corrected chi connectivity index (χ4v) is 2.33. The Morgan fingerprint density at radius 3 is 3.15 bits per heavy atom. The number of benzene rings is 1. The first-order valence-corrected chi connectivity index (χ1v) is 6.42. The van der Waals surface area contributed by atoms with Gasteiger partial charge >= 0.3 is 0 Å². The molecule has 3 heterocycles. The van der Waals surface area contributed by atoms with E-state index in [1.807, 2.05) is 30.3 Å². The Bertz CT molecular complexity index is 730. The average molecular weight is 268 g/mol. The van der Waals surface area contributed by atoms with Crippen LogP contribution in [0.2, 0.25) is 0 Å². The van der Waals surface area contributed by atoms with Crippen LogP contribution in [0.15, 0.2) is 36.4 Å². The number of anilines is 1. The maximum atomic E-state index is 5.86. The number of rotatable bonds is 3. The van der Waals surface area contributed by atoms with Gasteiger partial charge in [0.05, 0.1) is 6.54 Å². The van der Waals surface area contributed by atoms with E-state index in [0.29, 0.717) is 12.2 Å². The highest BCUT2D eigenvalue weighted by molar-refractivity contribution is 5.43. The van der Waals surface area contributed by atoms with Crippen LogP contribution in [0, 0.1) is 0 Å². The Balaban J connectivity index is 1.44. The highest BCUT2D eigenvalue weighted by Gasteiger charge is 2.21. The summed E-state index contributed by atoms with van der Waals surface area (Å²) in [4.78, 5) is 0. The van der Waals surface area contributed by atoms with Crippen molar-refractivity contribution in [2.24, 2.45) is 0 Å². The molecule has 20 heavy (non-hydrogen) atoms. The van der Waals surface area contributed by atoms with Crippen molar-refractivity contribution in [1.29, 1.82) is 0 Å². The number of hydrogen-bond acceptors (Lipinski definition) is 6. The second-order valence-corrected chi connectivity index (χ2v) is 4.68. The molecule has 4 rings (SSSR count). The molecule has 0 spiro atoms. The van der Waals surface area contributed by atoms with E-state index in [1.54, 1.807) is 0 Å². The number of fused-ring (bicyclic) bond motifs is 2. The SMILES string of the molecule is c1ccc2c(c1)C[C@@H](CNc1ccc3nnnn3n1)O2. The summed E-state index contributed by atoms with van der Waals surface area (Å²) < 4.78 is 7.26. The third-order valence-corrected chi connectivity index (χ3v) is 3.29. The van der Waals surface area contributed by atoms with Gasteiger partial charge in [0.25, 0.3) is 0 Å². The number of nitrogens with one attached hydrogen (secondary N) is 1. The van der Waals surface area contributed by atoms with Crippen molar-refractivity contribution in [2.75, 3.05) is 11.9 Å². The first-order valence-electron chi connectivity index (χ1n) is 6.42. The third kappa shape index (κ3) is 1.93. The highest BCUT2D eigenvalue weighted by atomic mass is 16.5. The molecule has 1 aliphatic heterocycles. The number of ether oxygens (including phenoxy) is 1. The summed E-state index contributed by atoms with van der Waals surface area (Å²) in [5, 5.41) is 18.6. The quantitative estimate of drug-likeness (QED) is 0.761. The molecule has 1 atom stereocenters. The van der Waals surface area contributed by atoms with E-state index < -0.39 is 0 Å². The molecule has 0 radical (unpaired) electrons. The van der Waals surface area contributed by atoms with Crippen LogP contribution in [0.4, 0.5) is 5.82 Å². The largest absolute Gasteiger partial charge is 0.488 e. The van der Waals surface area contributed by atoms with Crippen LogP contribution in [0.1, 0.15) is 5.56 Å². The maximum Gasteiger partial charge on any atom is 0.200 e. The van der Waals surface area contributed by atoms with E-state index >= 15 is 0 Å². The first-order chi connectivity index (χ1) is 9.88. The number of tetrazole rings is 1. The Morgan fingerprint density at radius 1 is 1.25 bits per heavy atom. The zero-order valence-electron chi connectivity index (χ0n) is 10.6. The second kappa shape index (κ2) is 4.44. The number of hydrogen-bond donors (Lipinski definition) is 1. The molecular weight excluding hydrogens is 256 g/mol. The van der Waals surface area contributed by atoms with Crippen molar-refractivity contribution in [3.05, 3.63) is 42.0 Å². The Kier molecular flexibility index (Phi) is 2.48. The van der Waals surface area contributed by atoms with Crippen LogP contribution >= 0.6 is 0 Å². The lowest BCUT2D eigenvalue weighted by Crippen LogP contribution is -2.24. The standard InChI is InChI=1S/C13H12N6O/c1-2-4-11-9(3-1)7-10(20-11)8-14-12-5-6-13-15-17-18-19(13)16-12/h1-6,10H,7-8H2,(H,14,16)/t10-/m0/s1. The predicted octanol–water partition coefficient (Wildman–Crippen LogP) is 0.935. The molecule has 0 aliphatic carbocycles. The van der Waals surface area contributed by atoms with Crippen molar-refractivity contribution in [2.45, 2.75) is 12.5 Å². The van der Waals surface area contributed by atoms with Gasteiger partial charge in [-0.2, -0.15) is 0 Å². The van der Waals surface area contributed by atoms with E-state index in [1.165, 1.54) is 10.2 Å². The zero-order chi connectivity index (χ0) is 13.4. The molecule has 1 aliphatic rings. The fourth-order valence-electron chi connectivity index (χ4n) is 2.33. The van der Waals surface area contributed by atoms with Gasteiger partial charge in [0, 0.05) is 6.42 Å². The lowest BCUT2D eigenvalue weighted by atomic mass is 10.1. The minimum Gasteiger partial charge on any atom is -0.488 e. The van der Waals surface area contributed by atoms with Gasteiger partial charge < -0.3 is 10.1 Å². The third-order valence-electron chi connectivity index (χ3n) is 3.29. The molecule has 0 fully saturated rings. The van der Waals surface area contributed by atoms with Gasteiger partial charge in [-0.05, 0) is 34.2 Å². The summed E-state index contributed by atoms with van der Waals surface area (Å²) >= 11 is 0. The molecule has 0 bridgehead atoms. The molecule has 0 saturated heterocycles. The summed E-state index contributed by atoms with van der Waals surface area (Å²) in [6.07, 6.45) is 1.04. The minimum atomic E-state index is 0.124. The monoisotopic (exact) mass is 268 g/mol. The van der Waals surface area contributed by atoms with Crippen molar-refractivity contribution in [3.63, 3.8) is 0 Å². The van der Waals surface area contributed by atoms with Gasteiger partial charge in [-0.3, -0.25) is 0 Å². The fraction of sp³-hybridized carbons (Fsp3) is 0.231. The van der Waals surface area contributed by atoms with Gasteiger partial charge in [-0.15, -0.1) is 14.8 Å². The summed E-state index contributed by atoms with van der Waals surface area (Å²) in [5.41, 5.74) is 1.88. The van der Waals surface area contributed by atoms with E-state index in [2.05, 4.69) is 32.0 Å². The second-order valence-electron chi connectivity index (χ2n) is 4.68. The number of nitrogens with zero attached hydrogens (tertiary/aromatic N) is 5. The van der Waals surface area contributed by atoms with Gasteiger partial charge in [0.1, 0.15) is 17.7 Å². The molecule has 2 aromatic heterocycles. The van der Waals surface area contributed by atoms with Gasteiger partial charge in [0.2, 0.25) is 0 Å². The molecule has 1 N–H and O–H groups in total. The lowest BCUT2D eigenvalue weighted by molar-refractivity contribution is 0.246. The van der Waals surface area contributed by atoms with Crippen molar-refractivity contribution < 1.29 is 4.74 Å².